The lowest BCUT2D eigenvalue weighted by molar-refractivity contribution is -0.137. The topological polar surface area (TPSA) is 49.4 Å². The third-order valence-corrected chi connectivity index (χ3v) is 3.67. The Balaban J connectivity index is 2.01. The van der Waals surface area contributed by atoms with Gasteiger partial charge in [0.15, 0.2) is 0 Å². The van der Waals surface area contributed by atoms with Gasteiger partial charge >= 0.3 is 0 Å². The van der Waals surface area contributed by atoms with E-state index in [-0.39, 0.29) is 11.8 Å². The van der Waals surface area contributed by atoms with Crippen LogP contribution >= 0.6 is 0 Å². The van der Waals surface area contributed by atoms with Crippen molar-refractivity contribution in [3.8, 4) is 0 Å². The lowest BCUT2D eigenvalue weighted by Gasteiger charge is -2.41. The van der Waals surface area contributed by atoms with E-state index in [9.17, 15) is 9.59 Å². The largest absolute Gasteiger partial charge is 0.294 e. The third kappa shape index (κ3) is 2.61. The molecule has 1 saturated carbocycles. The van der Waals surface area contributed by atoms with E-state index in [1.165, 1.54) is 12.8 Å². The van der Waals surface area contributed by atoms with Crippen molar-refractivity contribution in [2.24, 2.45) is 5.41 Å². The van der Waals surface area contributed by atoms with E-state index >= 15 is 0 Å². The predicted octanol–water partition coefficient (Wildman–Crippen LogP) is 0.914. The summed E-state index contributed by atoms with van der Waals surface area (Å²) in [5, 5.41) is 2.35. The Morgan fingerprint density at radius 2 is 1.88 bits per heavy atom. The molecular weight excluding hydrogens is 204 g/mol. The fraction of sp³-hybridized carbons (Fsp3) is 0.833. The quantitative estimate of drug-likeness (QED) is 0.674. The molecule has 0 bridgehead atoms. The highest BCUT2D eigenvalue weighted by Crippen LogP contribution is 2.37. The monoisotopic (exact) mass is 224 g/mol. The second-order valence-electron chi connectivity index (χ2n) is 5.79. The normalized spacial score (nSPS) is 31.2. The van der Waals surface area contributed by atoms with Crippen LogP contribution in [0.5, 0.6) is 0 Å². The fourth-order valence-corrected chi connectivity index (χ4v) is 2.89. The number of carbonyl (C=O) groups excluding carboxylic acids is 2. The molecule has 2 fully saturated rings. The summed E-state index contributed by atoms with van der Waals surface area (Å²) in [7, 11) is 0. The van der Waals surface area contributed by atoms with Gasteiger partial charge in [0.1, 0.15) is 0 Å². The zero-order valence-corrected chi connectivity index (χ0v) is 10.1. The molecule has 90 valence electrons. The minimum absolute atomic E-state index is 0.153. The second-order valence-corrected chi connectivity index (χ2v) is 5.79. The van der Waals surface area contributed by atoms with Crippen LogP contribution < -0.4 is 5.32 Å². The minimum Gasteiger partial charge on any atom is -0.294 e. The maximum atomic E-state index is 11.3. The molecule has 0 radical (unpaired) electrons. The van der Waals surface area contributed by atoms with Gasteiger partial charge in [0.05, 0.1) is 13.1 Å². The molecule has 2 aliphatic rings. The average molecular weight is 224 g/mol. The molecule has 1 heterocycles. The first-order valence-corrected chi connectivity index (χ1v) is 6.03. The van der Waals surface area contributed by atoms with E-state index in [2.05, 4.69) is 19.2 Å². The van der Waals surface area contributed by atoms with Crippen molar-refractivity contribution in [1.29, 1.82) is 0 Å². The van der Waals surface area contributed by atoms with E-state index in [0.29, 0.717) is 24.5 Å². The Morgan fingerprint density at radius 1 is 1.25 bits per heavy atom. The van der Waals surface area contributed by atoms with Crippen molar-refractivity contribution < 1.29 is 9.59 Å². The van der Waals surface area contributed by atoms with Crippen molar-refractivity contribution in [1.82, 2.24) is 10.2 Å². The highest BCUT2D eigenvalue weighted by atomic mass is 16.2. The maximum Gasteiger partial charge on any atom is 0.240 e. The van der Waals surface area contributed by atoms with Crippen LogP contribution in [0.4, 0.5) is 0 Å². The molecule has 4 nitrogen and oxygen atoms in total. The number of hydrogen-bond donors (Lipinski definition) is 1. The van der Waals surface area contributed by atoms with Gasteiger partial charge in [0, 0.05) is 6.04 Å². The van der Waals surface area contributed by atoms with E-state index in [0.717, 1.165) is 12.8 Å². The predicted molar refractivity (Wildman–Crippen MR) is 60.8 cm³/mol. The summed E-state index contributed by atoms with van der Waals surface area (Å²) in [6.07, 6.45) is 4.65. The van der Waals surface area contributed by atoms with E-state index in [1.54, 1.807) is 0 Å². The van der Waals surface area contributed by atoms with Gasteiger partial charge in [-0.1, -0.05) is 20.3 Å². The summed E-state index contributed by atoms with van der Waals surface area (Å²) < 4.78 is 0. The smallest absolute Gasteiger partial charge is 0.240 e. The van der Waals surface area contributed by atoms with Crippen LogP contribution in [0.3, 0.4) is 0 Å². The van der Waals surface area contributed by atoms with Crippen LogP contribution in [-0.2, 0) is 9.59 Å². The molecule has 1 unspecified atom stereocenters. The molecule has 0 aromatic heterocycles. The molecule has 1 atom stereocenters. The number of nitrogens with zero attached hydrogens (tertiary/aromatic N) is 1. The van der Waals surface area contributed by atoms with Gasteiger partial charge in [-0.05, 0) is 24.7 Å². The first-order chi connectivity index (χ1) is 7.46. The Morgan fingerprint density at radius 3 is 2.44 bits per heavy atom. The number of piperazine rings is 1. The van der Waals surface area contributed by atoms with E-state index in [1.807, 2.05) is 4.90 Å². The lowest BCUT2D eigenvalue weighted by atomic mass is 9.74. The van der Waals surface area contributed by atoms with Gasteiger partial charge in [-0.15, -0.1) is 0 Å². The minimum atomic E-state index is -0.153. The average Bonchev–Trinajstić information content (AvgIpc) is 2.14. The number of imide groups is 1. The Hall–Kier alpha value is -0.900. The molecular formula is C12H20N2O2. The number of hydrogen-bond acceptors (Lipinski definition) is 3. The van der Waals surface area contributed by atoms with Gasteiger partial charge in [-0.3, -0.25) is 19.8 Å². The SMILES string of the molecule is CC1(C)CCCC(N2CC(=O)NC(=O)C2)C1. The van der Waals surface area contributed by atoms with Gasteiger partial charge in [0.2, 0.25) is 11.8 Å². The Bertz CT molecular complexity index is 296. The van der Waals surface area contributed by atoms with Crippen LogP contribution in [0.1, 0.15) is 39.5 Å². The Labute approximate surface area is 96.4 Å². The van der Waals surface area contributed by atoms with Gasteiger partial charge in [0.25, 0.3) is 0 Å². The van der Waals surface area contributed by atoms with Gasteiger partial charge in [-0.25, -0.2) is 0 Å². The zero-order chi connectivity index (χ0) is 11.8. The van der Waals surface area contributed by atoms with E-state index in [4.69, 9.17) is 0 Å². The molecule has 0 aromatic rings. The molecule has 2 rings (SSSR count). The van der Waals surface area contributed by atoms with Gasteiger partial charge in [-0.2, -0.15) is 0 Å². The first kappa shape index (κ1) is 11.6. The van der Waals surface area contributed by atoms with Gasteiger partial charge < -0.3 is 0 Å². The van der Waals surface area contributed by atoms with Crippen molar-refractivity contribution in [3.05, 3.63) is 0 Å². The summed E-state index contributed by atoms with van der Waals surface area (Å²) in [6, 6.07) is 0.402. The molecule has 2 amide bonds. The molecule has 16 heavy (non-hydrogen) atoms. The number of rotatable bonds is 1. The van der Waals surface area contributed by atoms with Crippen LogP contribution in [0.2, 0.25) is 0 Å². The molecule has 1 aliphatic heterocycles. The third-order valence-electron chi connectivity index (χ3n) is 3.67. The summed E-state index contributed by atoms with van der Waals surface area (Å²) in [4.78, 5) is 24.7. The molecule has 1 N–H and O–H groups in total. The highest BCUT2D eigenvalue weighted by molar-refractivity contribution is 5.99. The maximum absolute atomic E-state index is 11.3. The highest BCUT2D eigenvalue weighted by Gasteiger charge is 2.34. The number of nitrogens with one attached hydrogen (secondary N) is 1. The summed E-state index contributed by atoms with van der Waals surface area (Å²) in [5.74, 6) is -0.306. The number of amides is 2. The van der Waals surface area contributed by atoms with E-state index < -0.39 is 0 Å². The zero-order valence-electron chi connectivity index (χ0n) is 10.1. The Kier molecular flexibility index (Phi) is 3.02. The number of carbonyl (C=O) groups is 2. The van der Waals surface area contributed by atoms with Crippen LogP contribution in [0, 0.1) is 5.41 Å². The second kappa shape index (κ2) is 4.17. The van der Waals surface area contributed by atoms with Crippen molar-refractivity contribution >= 4 is 11.8 Å². The van der Waals surface area contributed by atoms with Crippen LogP contribution in [-0.4, -0.2) is 35.8 Å². The van der Waals surface area contributed by atoms with Crippen molar-refractivity contribution in [2.75, 3.05) is 13.1 Å². The lowest BCUT2D eigenvalue weighted by Crippen LogP contribution is -2.55. The van der Waals surface area contributed by atoms with Crippen molar-refractivity contribution in [2.45, 2.75) is 45.6 Å². The van der Waals surface area contributed by atoms with Crippen LogP contribution in [0.15, 0.2) is 0 Å². The summed E-state index contributed by atoms with van der Waals surface area (Å²) >= 11 is 0. The summed E-state index contributed by atoms with van der Waals surface area (Å²) in [6.45, 7) is 5.30. The summed E-state index contributed by atoms with van der Waals surface area (Å²) in [5.41, 5.74) is 0.347. The van der Waals surface area contributed by atoms with Crippen LogP contribution in [0.25, 0.3) is 0 Å². The standard InChI is InChI=1S/C12H20N2O2/c1-12(2)5-3-4-9(6-12)14-7-10(15)13-11(16)8-14/h9H,3-8H2,1-2H3,(H,13,15,16). The molecule has 1 aliphatic carbocycles. The molecule has 0 aromatic carbocycles. The fourth-order valence-electron chi connectivity index (χ4n) is 2.89. The molecule has 4 heteroatoms. The first-order valence-electron chi connectivity index (χ1n) is 6.03. The van der Waals surface area contributed by atoms with Crippen molar-refractivity contribution in [3.63, 3.8) is 0 Å². The molecule has 1 saturated heterocycles. The molecule has 0 spiro atoms.